The number of hydrogen-bond acceptors (Lipinski definition) is 5. The minimum absolute atomic E-state index is 0.0418. The van der Waals surface area contributed by atoms with Crippen LogP contribution in [-0.4, -0.2) is 48.9 Å². The molecule has 0 radical (unpaired) electrons. The van der Waals surface area contributed by atoms with Crippen molar-refractivity contribution in [3.8, 4) is 5.75 Å². The zero-order valence-electron chi connectivity index (χ0n) is 19.2. The molecule has 1 atom stereocenters. The van der Waals surface area contributed by atoms with E-state index < -0.39 is 17.7 Å². The maximum absolute atomic E-state index is 13.3. The molecule has 0 bridgehead atoms. The van der Waals surface area contributed by atoms with Gasteiger partial charge in [-0.05, 0) is 48.7 Å². The van der Waals surface area contributed by atoms with Crippen LogP contribution in [0.2, 0.25) is 5.02 Å². The fourth-order valence-electron chi connectivity index (χ4n) is 4.83. The highest BCUT2D eigenvalue weighted by atomic mass is 35.5. The Kier molecular flexibility index (Phi) is 6.66. The van der Waals surface area contributed by atoms with Gasteiger partial charge in [0.25, 0.3) is 11.7 Å². The lowest BCUT2D eigenvalue weighted by atomic mass is 9.91. The van der Waals surface area contributed by atoms with Crippen LogP contribution in [0.1, 0.15) is 49.3 Å². The summed E-state index contributed by atoms with van der Waals surface area (Å²) >= 11 is 6.38. The molecule has 2 aliphatic rings. The van der Waals surface area contributed by atoms with Crippen molar-refractivity contribution in [2.75, 3.05) is 26.1 Å². The number of methoxy groups -OCH3 is 1. The Bertz CT molecular complexity index is 1090. The lowest BCUT2D eigenvalue weighted by Gasteiger charge is -2.35. The number of anilines is 1. The van der Waals surface area contributed by atoms with Crippen LogP contribution < -0.4 is 9.64 Å². The molecule has 1 N–H and O–H groups in total. The van der Waals surface area contributed by atoms with Gasteiger partial charge in [0.15, 0.2) is 0 Å². The van der Waals surface area contributed by atoms with Gasteiger partial charge in [0, 0.05) is 31.4 Å². The molecule has 1 saturated carbocycles. The van der Waals surface area contributed by atoms with Gasteiger partial charge in [-0.15, -0.1) is 0 Å². The molecule has 0 aromatic heterocycles. The van der Waals surface area contributed by atoms with Crippen LogP contribution in [0.4, 0.5) is 5.69 Å². The number of carbonyl (C=O) groups is 2. The van der Waals surface area contributed by atoms with Crippen molar-refractivity contribution in [3.05, 3.63) is 64.2 Å². The van der Waals surface area contributed by atoms with Gasteiger partial charge in [-0.25, -0.2) is 0 Å². The minimum atomic E-state index is -0.682. The number of aliphatic hydroxyl groups is 1. The Labute approximate surface area is 199 Å². The molecule has 174 valence electrons. The molecular weight excluding hydrogens is 440 g/mol. The molecule has 1 saturated heterocycles. The summed E-state index contributed by atoms with van der Waals surface area (Å²) in [5, 5.41) is 11.6. The summed E-state index contributed by atoms with van der Waals surface area (Å²) in [4.78, 5) is 30.3. The largest absolute Gasteiger partial charge is 0.507 e. The van der Waals surface area contributed by atoms with Crippen molar-refractivity contribution in [1.82, 2.24) is 4.90 Å². The fourth-order valence-corrected chi connectivity index (χ4v) is 5.03. The van der Waals surface area contributed by atoms with Gasteiger partial charge in [-0.3, -0.25) is 9.59 Å². The molecule has 6 nitrogen and oxygen atoms in total. The van der Waals surface area contributed by atoms with E-state index in [2.05, 4.69) is 0 Å². The number of halogens is 1. The maximum Gasteiger partial charge on any atom is 0.295 e. The number of nitrogens with zero attached hydrogens (tertiary/aromatic N) is 2. The Morgan fingerprint density at radius 1 is 1.06 bits per heavy atom. The number of carbonyl (C=O) groups excluding carboxylic acids is 2. The van der Waals surface area contributed by atoms with Gasteiger partial charge in [-0.1, -0.05) is 43.0 Å². The monoisotopic (exact) mass is 468 g/mol. The van der Waals surface area contributed by atoms with Crippen LogP contribution in [0.5, 0.6) is 5.75 Å². The second kappa shape index (κ2) is 9.48. The van der Waals surface area contributed by atoms with Crippen LogP contribution in [0.25, 0.3) is 5.76 Å². The van der Waals surface area contributed by atoms with E-state index in [1.54, 1.807) is 23.1 Å². The third-order valence-corrected chi connectivity index (χ3v) is 6.93. The third kappa shape index (κ3) is 4.32. The zero-order chi connectivity index (χ0) is 23.7. The summed E-state index contributed by atoms with van der Waals surface area (Å²) in [5.41, 5.74) is 2.13. The number of amides is 1. The van der Waals surface area contributed by atoms with Crippen LogP contribution in [0, 0.1) is 0 Å². The van der Waals surface area contributed by atoms with E-state index in [0.29, 0.717) is 5.75 Å². The molecular formula is C26H29ClN2O4. The molecule has 1 aliphatic heterocycles. The molecule has 7 heteroatoms. The molecule has 2 fully saturated rings. The second-order valence-electron chi connectivity index (χ2n) is 8.83. The number of rotatable bonds is 5. The third-order valence-electron chi connectivity index (χ3n) is 6.60. The van der Waals surface area contributed by atoms with E-state index >= 15 is 0 Å². The normalized spacial score (nSPS) is 20.8. The highest BCUT2D eigenvalue weighted by molar-refractivity contribution is 6.47. The number of likely N-dealkylation sites (tertiary alicyclic amines) is 1. The Morgan fingerprint density at radius 3 is 2.33 bits per heavy atom. The Hall–Kier alpha value is -2.99. The second-order valence-corrected chi connectivity index (χ2v) is 9.24. The number of benzene rings is 2. The first-order chi connectivity index (χ1) is 15.8. The quantitative estimate of drug-likeness (QED) is 0.372. The van der Waals surface area contributed by atoms with E-state index in [-0.39, 0.29) is 28.0 Å². The van der Waals surface area contributed by atoms with E-state index in [0.717, 1.165) is 43.4 Å². The van der Waals surface area contributed by atoms with Gasteiger partial charge >= 0.3 is 0 Å². The van der Waals surface area contributed by atoms with Gasteiger partial charge in [0.1, 0.15) is 11.5 Å². The molecule has 33 heavy (non-hydrogen) atoms. The molecule has 4 rings (SSSR count). The average molecular weight is 469 g/mol. The maximum atomic E-state index is 13.3. The van der Waals surface area contributed by atoms with E-state index in [4.69, 9.17) is 16.3 Å². The van der Waals surface area contributed by atoms with Gasteiger partial charge in [0.05, 0.1) is 23.7 Å². The molecule has 1 aliphatic carbocycles. The summed E-state index contributed by atoms with van der Waals surface area (Å²) in [6, 6.07) is 11.9. The number of aliphatic hydroxyl groups excluding tert-OH is 1. The summed E-state index contributed by atoms with van der Waals surface area (Å²) in [6.07, 6.45) is 4.85. The summed E-state index contributed by atoms with van der Waals surface area (Å²) < 4.78 is 5.27. The van der Waals surface area contributed by atoms with Crippen LogP contribution in [-0.2, 0) is 9.59 Å². The first-order valence-electron chi connectivity index (χ1n) is 11.2. The molecule has 0 spiro atoms. The predicted octanol–water partition coefficient (Wildman–Crippen LogP) is 5.17. The molecule has 2 aromatic rings. The van der Waals surface area contributed by atoms with Crippen LogP contribution in [0.3, 0.4) is 0 Å². The van der Waals surface area contributed by atoms with E-state index in [1.807, 2.05) is 43.3 Å². The number of ether oxygens (including phenoxy) is 1. The molecule has 1 unspecified atom stereocenters. The highest BCUT2D eigenvalue weighted by Crippen LogP contribution is 2.44. The Balaban J connectivity index is 1.89. The topological polar surface area (TPSA) is 70.1 Å². The minimum Gasteiger partial charge on any atom is -0.507 e. The summed E-state index contributed by atoms with van der Waals surface area (Å²) in [5.74, 6) is -1.03. The first kappa shape index (κ1) is 23.2. The van der Waals surface area contributed by atoms with Crippen LogP contribution in [0.15, 0.2) is 48.0 Å². The number of ketones is 1. The van der Waals surface area contributed by atoms with Gasteiger partial charge < -0.3 is 19.6 Å². The summed E-state index contributed by atoms with van der Waals surface area (Å²) in [7, 11) is 5.42. The first-order valence-corrected chi connectivity index (χ1v) is 11.6. The van der Waals surface area contributed by atoms with E-state index in [9.17, 15) is 14.7 Å². The van der Waals surface area contributed by atoms with E-state index in [1.165, 1.54) is 7.11 Å². The number of hydrogen-bond donors (Lipinski definition) is 1. The summed E-state index contributed by atoms with van der Waals surface area (Å²) in [6.45, 7) is 0. The SMILES string of the molecule is COc1ccc(Cl)c(/C(O)=C2\C(=O)C(=O)N(C3CCCCC3)C2c2ccc(N(C)C)cc2)c1. The standard InChI is InChI=1S/C26H29ClN2O4/c1-28(2)17-11-9-16(10-12-17)23-22(24(30)20-15-19(33-3)13-14-21(20)27)25(31)26(32)29(23)18-7-5-4-6-8-18/h9-15,18,23,30H,4-8H2,1-3H3/b24-22+. The van der Waals surface area contributed by atoms with Gasteiger partial charge in [0.2, 0.25) is 0 Å². The van der Waals surface area contributed by atoms with Gasteiger partial charge in [-0.2, -0.15) is 0 Å². The van der Waals surface area contributed by atoms with Crippen molar-refractivity contribution in [1.29, 1.82) is 0 Å². The zero-order valence-corrected chi connectivity index (χ0v) is 19.9. The number of Topliss-reactive ketones (excluding diaryl/α,β-unsaturated/α-hetero) is 1. The average Bonchev–Trinajstić information content (AvgIpc) is 3.10. The Morgan fingerprint density at radius 2 is 1.73 bits per heavy atom. The van der Waals surface area contributed by atoms with Crippen molar-refractivity contribution in [3.63, 3.8) is 0 Å². The predicted molar refractivity (Wildman–Crippen MR) is 130 cm³/mol. The van der Waals surface area contributed by atoms with Crippen molar-refractivity contribution in [2.24, 2.45) is 0 Å². The van der Waals surface area contributed by atoms with Crippen molar-refractivity contribution in [2.45, 2.75) is 44.2 Å². The van der Waals surface area contributed by atoms with Crippen molar-refractivity contribution < 1.29 is 19.4 Å². The molecule has 1 amide bonds. The smallest absolute Gasteiger partial charge is 0.295 e. The molecule has 1 heterocycles. The highest BCUT2D eigenvalue weighted by Gasteiger charge is 2.49. The lowest BCUT2D eigenvalue weighted by molar-refractivity contribution is -0.141. The fraction of sp³-hybridized carbons (Fsp3) is 0.385. The van der Waals surface area contributed by atoms with Crippen molar-refractivity contribution >= 4 is 34.7 Å². The van der Waals surface area contributed by atoms with Crippen LogP contribution >= 0.6 is 11.6 Å². The lowest BCUT2D eigenvalue weighted by Crippen LogP contribution is -2.40. The molecule has 2 aromatic carbocycles.